The summed E-state index contributed by atoms with van der Waals surface area (Å²) in [6, 6.07) is 11.4. The fourth-order valence-electron chi connectivity index (χ4n) is 3.71. The van der Waals surface area contributed by atoms with Gasteiger partial charge in [-0.2, -0.15) is 4.98 Å². The van der Waals surface area contributed by atoms with Crippen LogP contribution in [0.3, 0.4) is 0 Å². The third kappa shape index (κ3) is 5.18. The van der Waals surface area contributed by atoms with Crippen LogP contribution in [0.1, 0.15) is 62.3 Å². The topological polar surface area (TPSA) is 75.9 Å². The third-order valence-electron chi connectivity index (χ3n) is 5.09. The van der Waals surface area contributed by atoms with Crippen LogP contribution in [0, 0.1) is 0 Å². The SMILES string of the molecule is CCC[C@@H](C)Nc1cc(Cc2ccc(C3CCNCC3)cc2)nc(N)n1. The van der Waals surface area contributed by atoms with Crippen molar-refractivity contribution >= 4 is 11.8 Å². The molecule has 0 radical (unpaired) electrons. The summed E-state index contributed by atoms with van der Waals surface area (Å²) in [6.07, 6.45) is 5.48. The zero-order chi connectivity index (χ0) is 18.4. The van der Waals surface area contributed by atoms with E-state index in [1.165, 1.54) is 24.0 Å². The predicted molar refractivity (Wildman–Crippen MR) is 109 cm³/mol. The lowest BCUT2D eigenvalue weighted by molar-refractivity contribution is 0.460. The van der Waals surface area contributed by atoms with Gasteiger partial charge < -0.3 is 16.4 Å². The summed E-state index contributed by atoms with van der Waals surface area (Å²) >= 11 is 0. The second-order valence-electron chi connectivity index (χ2n) is 7.38. The van der Waals surface area contributed by atoms with Gasteiger partial charge in [0.15, 0.2) is 0 Å². The molecular weight excluding hydrogens is 322 g/mol. The minimum absolute atomic E-state index is 0.333. The molecule has 5 heteroatoms. The van der Waals surface area contributed by atoms with Crippen molar-refractivity contribution < 1.29 is 0 Å². The lowest BCUT2D eigenvalue weighted by Gasteiger charge is -2.23. The Kier molecular flexibility index (Phi) is 6.45. The van der Waals surface area contributed by atoms with Gasteiger partial charge in [-0.05, 0) is 56.3 Å². The van der Waals surface area contributed by atoms with Gasteiger partial charge in [0.2, 0.25) is 5.95 Å². The van der Waals surface area contributed by atoms with Gasteiger partial charge in [0.25, 0.3) is 0 Å². The summed E-state index contributed by atoms with van der Waals surface area (Å²) in [5, 5.41) is 6.85. The predicted octanol–water partition coefficient (Wildman–Crippen LogP) is 3.72. The molecule has 1 aliphatic rings. The van der Waals surface area contributed by atoms with Gasteiger partial charge in [-0.1, -0.05) is 37.6 Å². The molecule has 4 N–H and O–H groups in total. The van der Waals surface area contributed by atoms with E-state index >= 15 is 0 Å². The monoisotopic (exact) mass is 353 g/mol. The molecule has 0 unspecified atom stereocenters. The van der Waals surface area contributed by atoms with Crippen molar-refractivity contribution in [2.75, 3.05) is 24.1 Å². The highest BCUT2D eigenvalue weighted by Gasteiger charge is 2.15. The maximum absolute atomic E-state index is 5.92. The molecule has 1 saturated heterocycles. The first-order valence-electron chi connectivity index (χ1n) is 9.83. The average molecular weight is 354 g/mol. The molecule has 140 valence electrons. The Morgan fingerprint density at radius 2 is 1.92 bits per heavy atom. The van der Waals surface area contributed by atoms with Gasteiger partial charge in [0, 0.05) is 18.5 Å². The number of nitrogen functional groups attached to an aromatic ring is 1. The van der Waals surface area contributed by atoms with E-state index in [-0.39, 0.29) is 0 Å². The smallest absolute Gasteiger partial charge is 0.222 e. The van der Waals surface area contributed by atoms with Crippen molar-refractivity contribution in [3.8, 4) is 0 Å². The quantitative estimate of drug-likeness (QED) is 0.707. The number of hydrogen-bond donors (Lipinski definition) is 3. The van der Waals surface area contributed by atoms with Gasteiger partial charge >= 0.3 is 0 Å². The van der Waals surface area contributed by atoms with Crippen LogP contribution in [0.25, 0.3) is 0 Å². The van der Waals surface area contributed by atoms with Crippen LogP contribution >= 0.6 is 0 Å². The van der Waals surface area contributed by atoms with Crippen LogP contribution in [0.4, 0.5) is 11.8 Å². The van der Waals surface area contributed by atoms with Crippen molar-refractivity contribution in [1.29, 1.82) is 0 Å². The van der Waals surface area contributed by atoms with E-state index in [0.717, 1.165) is 43.9 Å². The molecule has 5 nitrogen and oxygen atoms in total. The maximum atomic E-state index is 5.92. The number of aromatic nitrogens is 2. The van der Waals surface area contributed by atoms with E-state index in [0.29, 0.717) is 17.9 Å². The van der Waals surface area contributed by atoms with Gasteiger partial charge in [0.05, 0.1) is 5.69 Å². The first-order valence-corrected chi connectivity index (χ1v) is 9.83. The molecule has 0 amide bonds. The summed E-state index contributed by atoms with van der Waals surface area (Å²) in [6.45, 7) is 6.60. The highest BCUT2D eigenvalue weighted by Crippen LogP contribution is 2.25. The van der Waals surface area contributed by atoms with Gasteiger partial charge in [0.1, 0.15) is 5.82 Å². The Morgan fingerprint density at radius 3 is 2.62 bits per heavy atom. The molecule has 1 aromatic heterocycles. The molecule has 2 aromatic rings. The van der Waals surface area contributed by atoms with Crippen LogP contribution < -0.4 is 16.4 Å². The maximum Gasteiger partial charge on any atom is 0.222 e. The summed E-state index contributed by atoms with van der Waals surface area (Å²) in [5.41, 5.74) is 9.58. The zero-order valence-electron chi connectivity index (χ0n) is 16.0. The number of anilines is 2. The molecule has 2 heterocycles. The summed E-state index contributed by atoms with van der Waals surface area (Å²) < 4.78 is 0. The van der Waals surface area contributed by atoms with E-state index in [2.05, 4.69) is 58.7 Å². The normalized spacial score (nSPS) is 16.4. The van der Waals surface area contributed by atoms with E-state index in [9.17, 15) is 0 Å². The van der Waals surface area contributed by atoms with Crippen molar-refractivity contribution in [1.82, 2.24) is 15.3 Å². The lowest BCUT2D eigenvalue weighted by atomic mass is 9.89. The number of benzene rings is 1. The van der Waals surface area contributed by atoms with Crippen LogP contribution in [0.15, 0.2) is 30.3 Å². The Hall–Kier alpha value is -2.14. The van der Waals surface area contributed by atoms with Crippen molar-refractivity contribution in [3.63, 3.8) is 0 Å². The van der Waals surface area contributed by atoms with E-state index in [1.807, 2.05) is 6.07 Å². The highest BCUT2D eigenvalue weighted by molar-refractivity contribution is 5.42. The second-order valence-corrected chi connectivity index (χ2v) is 7.38. The Bertz CT molecular complexity index is 692. The number of nitrogens with two attached hydrogens (primary N) is 1. The van der Waals surface area contributed by atoms with Gasteiger partial charge in [-0.15, -0.1) is 0 Å². The highest BCUT2D eigenvalue weighted by atomic mass is 15.1. The first-order chi connectivity index (χ1) is 12.6. The molecule has 1 aliphatic heterocycles. The van der Waals surface area contributed by atoms with E-state index in [1.54, 1.807) is 0 Å². The summed E-state index contributed by atoms with van der Waals surface area (Å²) in [7, 11) is 0. The number of nitrogens with zero attached hydrogens (tertiary/aromatic N) is 2. The van der Waals surface area contributed by atoms with Crippen molar-refractivity contribution in [3.05, 3.63) is 47.2 Å². The molecular formula is C21H31N5. The molecule has 0 aliphatic carbocycles. The average Bonchev–Trinajstić information content (AvgIpc) is 2.63. The summed E-state index contributed by atoms with van der Waals surface area (Å²) in [4.78, 5) is 8.74. The largest absolute Gasteiger partial charge is 0.368 e. The molecule has 0 bridgehead atoms. The van der Waals surface area contributed by atoms with Gasteiger partial charge in [-0.25, -0.2) is 4.98 Å². The van der Waals surface area contributed by atoms with Crippen LogP contribution in [0.2, 0.25) is 0 Å². The van der Waals surface area contributed by atoms with Crippen molar-refractivity contribution in [2.24, 2.45) is 0 Å². The molecule has 0 saturated carbocycles. The van der Waals surface area contributed by atoms with Gasteiger partial charge in [-0.3, -0.25) is 0 Å². The Labute approximate surface area is 156 Å². The molecule has 1 aromatic carbocycles. The fourth-order valence-corrected chi connectivity index (χ4v) is 3.71. The Morgan fingerprint density at radius 1 is 1.19 bits per heavy atom. The number of hydrogen-bond acceptors (Lipinski definition) is 5. The van der Waals surface area contributed by atoms with Crippen LogP contribution in [0.5, 0.6) is 0 Å². The standard InChI is InChI=1S/C21H31N5/c1-3-4-15(2)24-20-14-19(25-21(22)26-20)13-16-5-7-17(8-6-16)18-9-11-23-12-10-18/h5-8,14-15,18,23H,3-4,9-13H2,1-2H3,(H3,22,24,25,26)/t15-/m1/s1. The number of piperidine rings is 1. The van der Waals surface area contributed by atoms with E-state index < -0.39 is 0 Å². The fraction of sp³-hybridized carbons (Fsp3) is 0.524. The molecule has 0 spiro atoms. The molecule has 1 atom stereocenters. The zero-order valence-corrected chi connectivity index (χ0v) is 16.0. The molecule has 26 heavy (non-hydrogen) atoms. The molecule has 1 fully saturated rings. The van der Waals surface area contributed by atoms with Crippen molar-refractivity contribution in [2.45, 2.75) is 57.9 Å². The second kappa shape index (κ2) is 8.99. The molecule has 3 rings (SSSR count). The Balaban J connectivity index is 1.67. The minimum atomic E-state index is 0.333. The number of nitrogens with one attached hydrogen (secondary N) is 2. The van der Waals surface area contributed by atoms with E-state index in [4.69, 9.17) is 5.73 Å². The third-order valence-corrected chi connectivity index (χ3v) is 5.09. The lowest BCUT2D eigenvalue weighted by Crippen LogP contribution is -2.26. The minimum Gasteiger partial charge on any atom is -0.368 e. The summed E-state index contributed by atoms with van der Waals surface area (Å²) in [5.74, 6) is 1.84. The first kappa shape index (κ1) is 18.6. The van der Waals surface area contributed by atoms with Crippen LogP contribution in [-0.4, -0.2) is 29.1 Å². The number of rotatable bonds is 7. The van der Waals surface area contributed by atoms with Crippen LogP contribution in [-0.2, 0) is 6.42 Å².